The number of piperazine rings is 1. The summed E-state index contributed by atoms with van der Waals surface area (Å²) < 4.78 is 0. The van der Waals surface area contributed by atoms with Crippen LogP contribution in [0.3, 0.4) is 0 Å². The maximum atomic E-state index is 11.8. The van der Waals surface area contributed by atoms with Gasteiger partial charge < -0.3 is 15.3 Å². The zero-order valence-corrected chi connectivity index (χ0v) is 13.0. The van der Waals surface area contributed by atoms with Gasteiger partial charge in [-0.2, -0.15) is 0 Å². The number of nitrogens with one attached hydrogen (secondary N) is 1. The molecule has 1 saturated heterocycles. The Morgan fingerprint density at radius 3 is 2.35 bits per heavy atom. The SMILES string of the molecule is O=c1c(NCCO)c(N2CCN(Cc3ccccc3)CC2)c1=O. The van der Waals surface area contributed by atoms with E-state index >= 15 is 0 Å². The van der Waals surface area contributed by atoms with Crippen molar-refractivity contribution in [3.63, 3.8) is 0 Å². The molecule has 0 saturated carbocycles. The molecule has 2 N–H and O–H groups in total. The number of benzene rings is 1. The van der Waals surface area contributed by atoms with Crippen LogP contribution in [0, 0.1) is 0 Å². The van der Waals surface area contributed by atoms with Crippen LogP contribution < -0.4 is 21.1 Å². The van der Waals surface area contributed by atoms with Crippen LogP contribution in [-0.2, 0) is 6.54 Å². The molecule has 0 atom stereocenters. The molecule has 2 aromatic carbocycles. The Bertz CT molecular complexity index is 714. The van der Waals surface area contributed by atoms with E-state index in [1.54, 1.807) is 0 Å². The minimum Gasteiger partial charge on any atom is -0.395 e. The first-order valence-corrected chi connectivity index (χ1v) is 7.90. The highest BCUT2D eigenvalue weighted by Gasteiger charge is 2.28. The van der Waals surface area contributed by atoms with Crippen molar-refractivity contribution in [2.75, 3.05) is 49.5 Å². The van der Waals surface area contributed by atoms with E-state index in [-0.39, 0.29) is 13.2 Å². The smallest absolute Gasteiger partial charge is 0.253 e. The zero-order chi connectivity index (χ0) is 16.2. The van der Waals surface area contributed by atoms with Gasteiger partial charge in [-0.05, 0) is 5.56 Å². The first-order valence-electron chi connectivity index (χ1n) is 7.90. The van der Waals surface area contributed by atoms with Gasteiger partial charge in [-0.15, -0.1) is 0 Å². The van der Waals surface area contributed by atoms with Crippen molar-refractivity contribution in [2.24, 2.45) is 0 Å². The number of rotatable bonds is 6. The highest BCUT2D eigenvalue weighted by Crippen LogP contribution is 2.21. The van der Waals surface area contributed by atoms with Crippen molar-refractivity contribution in [3.05, 3.63) is 56.3 Å². The van der Waals surface area contributed by atoms with E-state index in [0.717, 1.165) is 32.7 Å². The van der Waals surface area contributed by atoms with Crippen molar-refractivity contribution in [2.45, 2.75) is 6.54 Å². The summed E-state index contributed by atoms with van der Waals surface area (Å²) in [6.07, 6.45) is 0. The molecular weight excluding hydrogens is 294 g/mol. The topological polar surface area (TPSA) is 72.9 Å². The number of hydrogen-bond acceptors (Lipinski definition) is 6. The molecule has 1 heterocycles. The lowest BCUT2D eigenvalue weighted by molar-refractivity contribution is 0.249. The van der Waals surface area contributed by atoms with E-state index in [2.05, 4.69) is 22.3 Å². The summed E-state index contributed by atoms with van der Waals surface area (Å²) >= 11 is 0. The minimum absolute atomic E-state index is 0.0664. The highest BCUT2D eigenvalue weighted by atomic mass is 16.3. The lowest BCUT2D eigenvalue weighted by Crippen LogP contribution is -2.51. The van der Waals surface area contributed by atoms with E-state index in [1.165, 1.54) is 5.56 Å². The quantitative estimate of drug-likeness (QED) is 0.732. The van der Waals surface area contributed by atoms with Crippen LogP contribution >= 0.6 is 0 Å². The molecule has 0 spiro atoms. The molecule has 23 heavy (non-hydrogen) atoms. The van der Waals surface area contributed by atoms with Crippen LogP contribution in [0.4, 0.5) is 11.4 Å². The van der Waals surface area contributed by atoms with Crippen molar-refractivity contribution >= 4 is 11.4 Å². The number of hydrogen-bond donors (Lipinski definition) is 2. The van der Waals surface area contributed by atoms with Gasteiger partial charge in [0, 0.05) is 39.3 Å². The molecule has 2 aromatic rings. The predicted molar refractivity (Wildman–Crippen MR) is 90.9 cm³/mol. The molecule has 122 valence electrons. The number of nitrogens with zero attached hydrogens (tertiary/aromatic N) is 2. The summed E-state index contributed by atoms with van der Waals surface area (Å²) in [5, 5.41) is 11.7. The summed E-state index contributed by atoms with van der Waals surface area (Å²) in [5.74, 6) is 0. The molecular formula is C17H21N3O3. The van der Waals surface area contributed by atoms with Gasteiger partial charge in [0.25, 0.3) is 10.9 Å². The second kappa shape index (κ2) is 6.93. The Kier molecular flexibility index (Phi) is 4.73. The van der Waals surface area contributed by atoms with Gasteiger partial charge in [0.15, 0.2) is 0 Å². The van der Waals surface area contributed by atoms with E-state index in [4.69, 9.17) is 5.11 Å². The molecule has 0 aliphatic carbocycles. The largest absolute Gasteiger partial charge is 0.395 e. The third-order valence-electron chi connectivity index (χ3n) is 4.24. The first kappa shape index (κ1) is 15.7. The normalized spacial score (nSPS) is 16.0. The molecule has 0 unspecified atom stereocenters. The van der Waals surface area contributed by atoms with Crippen LogP contribution in [0.15, 0.2) is 39.9 Å². The van der Waals surface area contributed by atoms with Crippen molar-refractivity contribution in [1.82, 2.24) is 4.90 Å². The first-order chi connectivity index (χ1) is 11.2. The lowest BCUT2D eigenvalue weighted by atomic mass is 10.1. The standard InChI is InChI=1S/C17H21N3O3/c21-11-6-18-14-15(17(23)16(14)22)20-9-7-19(8-10-20)12-13-4-2-1-3-5-13/h1-5,18,21H,6-12H2. The van der Waals surface area contributed by atoms with Gasteiger partial charge in [0.1, 0.15) is 11.4 Å². The molecule has 1 aliphatic heterocycles. The Morgan fingerprint density at radius 2 is 1.70 bits per heavy atom. The molecule has 6 nitrogen and oxygen atoms in total. The van der Waals surface area contributed by atoms with Gasteiger partial charge in [0.05, 0.1) is 6.61 Å². The molecule has 3 rings (SSSR count). The molecule has 6 heteroatoms. The number of aliphatic hydroxyl groups is 1. The van der Waals surface area contributed by atoms with Crippen LogP contribution in [0.2, 0.25) is 0 Å². The summed E-state index contributed by atoms with van der Waals surface area (Å²) in [7, 11) is 0. The number of aliphatic hydroxyl groups excluding tert-OH is 1. The van der Waals surface area contributed by atoms with Gasteiger partial charge >= 0.3 is 0 Å². The van der Waals surface area contributed by atoms with E-state index in [9.17, 15) is 9.59 Å². The predicted octanol–water partition coefficient (Wildman–Crippen LogP) is 0.00900. The fourth-order valence-electron chi connectivity index (χ4n) is 3.00. The molecule has 0 aromatic heterocycles. The Hall–Kier alpha value is -2.18. The minimum atomic E-state index is -0.472. The van der Waals surface area contributed by atoms with Crippen LogP contribution in [-0.4, -0.2) is 49.3 Å². The zero-order valence-electron chi connectivity index (χ0n) is 13.0. The third-order valence-corrected chi connectivity index (χ3v) is 4.24. The average molecular weight is 315 g/mol. The molecule has 0 bridgehead atoms. The second-order valence-corrected chi connectivity index (χ2v) is 5.78. The van der Waals surface area contributed by atoms with E-state index in [1.807, 2.05) is 23.1 Å². The van der Waals surface area contributed by atoms with Crippen LogP contribution in [0.5, 0.6) is 0 Å². The molecule has 0 radical (unpaired) electrons. The maximum Gasteiger partial charge on any atom is 0.253 e. The Morgan fingerprint density at radius 1 is 1.00 bits per heavy atom. The van der Waals surface area contributed by atoms with Crippen molar-refractivity contribution < 1.29 is 5.11 Å². The van der Waals surface area contributed by atoms with Crippen molar-refractivity contribution in [1.29, 1.82) is 0 Å². The van der Waals surface area contributed by atoms with Crippen LogP contribution in [0.25, 0.3) is 0 Å². The monoisotopic (exact) mass is 315 g/mol. The molecule has 1 fully saturated rings. The molecule has 1 aliphatic rings. The highest BCUT2D eigenvalue weighted by molar-refractivity contribution is 5.75. The summed E-state index contributed by atoms with van der Waals surface area (Å²) in [5.41, 5.74) is 1.24. The second-order valence-electron chi connectivity index (χ2n) is 5.78. The maximum absolute atomic E-state index is 11.8. The number of anilines is 2. The summed E-state index contributed by atoms with van der Waals surface area (Å²) in [6, 6.07) is 10.3. The fourth-order valence-corrected chi connectivity index (χ4v) is 3.00. The van der Waals surface area contributed by atoms with Gasteiger partial charge in [0.2, 0.25) is 0 Å². The Balaban J connectivity index is 1.60. The summed E-state index contributed by atoms with van der Waals surface area (Å²) in [4.78, 5) is 27.8. The molecule has 0 amide bonds. The summed E-state index contributed by atoms with van der Waals surface area (Å²) in [6.45, 7) is 4.28. The van der Waals surface area contributed by atoms with Gasteiger partial charge in [-0.3, -0.25) is 14.5 Å². The van der Waals surface area contributed by atoms with E-state index < -0.39 is 10.9 Å². The van der Waals surface area contributed by atoms with Crippen molar-refractivity contribution in [3.8, 4) is 0 Å². The Labute approximate surface area is 134 Å². The average Bonchev–Trinajstić information content (AvgIpc) is 2.60. The van der Waals surface area contributed by atoms with Gasteiger partial charge in [-0.1, -0.05) is 30.3 Å². The third kappa shape index (κ3) is 3.28. The van der Waals surface area contributed by atoms with Crippen LogP contribution in [0.1, 0.15) is 5.56 Å². The van der Waals surface area contributed by atoms with Gasteiger partial charge in [-0.25, -0.2) is 0 Å². The van der Waals surface area contributed by atoms with E-state index in [0.29, 0.717) is 11.4 Å². The fraction of sp³-hybridized carbons (Fsp3) is 0.412. The lowest BCUT2D eigenvalue weighted by Gasteiger charge is -2.37.